The Bertz CT molecular complexity index is 1140. The van der Waals surface area contributed by atoms with Crippen molar-refractivity contribution < 1.29 is 0 Å². The minimum Gasteiger partial charge on any atom is -0.368 e. The largest absolute Gasteiger partial charge is 0.368 e. The monoisotopic (exact) mass is 403 g/mol. The topological polar surface area (TPSA) is 130 Å². The van der Waals surface area contributed by atoms with E-state index in [0.29, 0.717) is 17.6 Å². The van der Waals surface area contributed by atoms with Crippen LogP contribution in [0.4, 0.5) is 29.1 Å². The number of hydrogen-bond donors (Lipinski definition) is 4. The van der Waals surface area contributed by atoms with Crippen LogP contribution in [0.5, 0.6) is 0 Å². The third kappa shape index (κ3) is 4.36. The maximum atomic E-state index is 7.90. The molecule has 2 aromatic heterocycles. The van der Waals surface area contributed by atoms with Crippen LogP contribution in [-0.2, 0) is 0 Å². The highest BCUT2D eigenvalue weighted by molar-refractivity contribution is 7.41. The van der Waals surface area contributed by atoms with Crippen molar-refractivity contribution in [2.75, 3.05) is 16.4 Å². The predicted molar refractivity (Wildman–Crippen MR) is 117 cm³/mol. The molecule has 0 saturated heterocycles. The molecule has 29 heavy (non-hydrogen) atoms. The number of anilines is 5. The van der Waals surface area contributed by atoms with Crippen molar-refractivity contribution in [3.05, 3.63) is 72.6 Å². The van der Waals surface area contributed by atoms with Crippen LogP contribution in [0, 0.1) is 5.41 Å². The smallest absolute Gasteiger partial charge is 0.248 e. The first-order valence-electron chi connectivity index (χ1n) is 8.69. The lowest BCUT2D eigenvalue weighted by atomic mass is 10.3. The summed E-state index contributed by atoms with van der Waals surface area (Å²) in [5.41, 5.74) is 7.91. The molecule has 0 bridgehead atoms. The SMILES string of the molecule is N=C(P)c1nc(Nc2ccccc2)cc(-n2nc(Nc3ccccc3)nc2N)n1. The van der Waals surface area contributed by atoms with E-state index in [4.69, 9.17) is 11.1 Å². The van der Waals surface area contributed by atoms with E-state index in [1.165, 1.54) is 4.68 Å². The van der Waals surface area contributed by atoms with Gasteiger partial charge in [-0.2, -0.15) is 9.67 Å². The average Bonchev–Trinajstić information content (AvgIpc) is 3.09. The minimum absolute atomic E-state index is 0.143. The van der Waals surface area contributed by atoms with Gasteiger partial charge in [0, 0.05) is 17.4 Å². The van der Waals surface area contributed by atoms with Crippen LogP contribution in [0.15, 0.2) is 66.7 Å². The molecule has 0 amide bonds. The Hall–Kier alpha value is -3.84. The van der Waals surface area contributed by atoms with Crippen LogP contribution in [0.25, 0.3) is 5.82 Å². The van der Waals surface area contributed by atoms with Gasteiger partial charge in [-0.1, -0.05) is 45.6 Å². The fraction of sp³-hybridized carbons (Fsp3) is 0. The summed E-state index contributed by atoms with van der Waals surface area (Å²) in [6.07, 6.45) is 0. The lowest BCUT2D eigenvalue weighted by Gasteiger charge is -2.10. The van der Waals surface area contributed by atoms with Gasteiger partial charge in [0.05, 0.1) is 5.45 Å². The standard InChI is InChI=1S/C19H18N9P/c20-16(29)17-24-14(22-12-7-3-1-4-8-12)11-15(25-17)28-18(21)26-19(27-28)23-13-9-5-2-6-10-13/h1-11,20H,29H2,(H,22,24,25)(H3,21,23,26,27). The van der Waals surface area contributed by atoms with Gasteiger partial charge in [-0.05, 0) is 24.3 Å². The number of nitrogens with zero attached hydrogens (tertiary/aromatic N) is 5. The molecule has 0 aliphatic rings. The van der Waals surface area contributed by atoms with Crippen LogP contribution in [0.1, 0.15) is 5.82 Å². The maximum Gasteiger partial charge on any atom is 0.248 e. The molecule has 144 valence electrons. The maximum absolute atomic E-state index is 7.90. The quantitative estimate of drug-likeness (QED) is 0.287. The van der Waals surface area contributed by atoms with E-state index in [-0.39, 0.29) is 17.2 Å². The summed E-state index contributed by atoms with van der Waals surface area (Å²) in [4.78, 5) is 13.0. The number of nitrogens with one attached hydrogen (secondary N) is 3. The van der Waals surface area contributed by atoms with E-state index in [1.54, 1.807) is 6.07 Å². The second-order valence-corrected chi connectivity index (χ2v) is 6.61. The highest BCUT2D eigenvalue weighted by Crippen LogP contribution is 2.21. The Morgan fingerprint density at radius 3 is 2.14 bits per heavy atom. The van der Waals surface area contributed by atoms with E-state index in [0.717, 1.165) is 11.4 Å². The van der Waals surface area contributed by atoms with E-state index < -0.39 is 0 Å². The molecule has 2 heterocycles. The second-order valence-electron chi connectivity index (χ2n) is 6.04. The van der Waals surface area contributed by atoms with Gasteiger partial charge in [0.25, 0.3) is 0 Å². The molecular formula is C19H18N9P. The third-order valence-electron chi connectivity index (χ3n) is 3.88. The summed E-state index contributed by atoms with van der Waals surface area (Å²) in [6, 6.07) is 20.8. The van der Waals surface area contributed by atoms with E-state index in [9.17, 15) is 0 Å². The summed E-state index contributed by atoms with van der Waals surface area (Å²) >= 11 is 0. The summed E-state index contributed by atoms with van der Waals surface area (Å²) in [5, 5.41) is 18.6. The Morgan fingerprint density at radius 2 is 1.52 bits per heavy atom. The number of para-hydroxylation sites is 2. The van der Waals surface area contributed by atoms with Crippen LogP contribution in [0.3, 0.4) is 0 Å². The normalized spacial score (nSPS) is 10.5. The Labute approximate surface area is 169 Å². The van der Waals surface area contributed by atoms with Crippen molar-refractivity contribution >= 4 is 43.8 Å². The molecule has 1 atom stereocenters. The van der Waals surface area contributed by atoms with Crippen molar-refractivity contribution in [2.45, 2.75) is 0 Å². The van der Waals surface area contributed by atoms with Crippen molar-refractivity contribution in [2.24, 2.45) is 0 Å². The predicted octanol–water partition coefficient (Wildman–Crippen LogP) is 3.33. The summed E-state index contributed by atoms with van der Waals surface area (Å²) < 4.78 is 1.40. The molecule has 10 heteroatoms. The van der Waals surface area contributed by atoms with Gasteiger partial charge in [0.1, 0.15) is 5.82 Å². The van der Waals surface area contributed by atoms with Gasteiger partial charge in [0.15, 0.2) is 11.6 Å². The Kier molecular flexibility index (Phi) is 5.13. The number of nitrogens with two attached hydrogens (primary N) is 1. The summed E-state index contributed by atoms with van der Waals surface area (Å²) in [5.74, 6) is 1.64. The highest BCUT2D eigenvalue weighted by Gasteiger charge is 2.14. The lowest BCUT2D eigenvalue weighted by Crippen LogP contribution is -2.10. The van der Waals surface area contributed by atoms with Gasteiger partial charge in [0.2, 0.25) is 11.9 Å². The molecule has 0 aliphatic heterocycles. The molecule has 0 aliphatic carbocycles. The molecule has 0 fully saturated rings. The number of rotatable bonds is 6. The minimum atomic E-state index is 0.143. The van der Waals surface area contributed by atoms with Crippen molar-refractivity contribution in [3.8, 4) is 5.82 Å². The molecule has 2 aromatic carbocycles. The molecule has 1 unspecified atom stereocenters. The van der Waals surface area contributed by atoms with Crippen molar-refractivity contribution in [1.29, 1.82) is 5.41 Å². The van der Waals surface area contributed by atoms with E-state index in [1.807, 2.05) is 60.7 Å². The Morgan fingerprint density at radius 1 is 0.897 bits per heavy atom. The van der Waals surface area contributed by atoms with Crippen LogP contribution in [0.2, 0.25) is 0 Å². The molecule has 0 spiro atoms. The first kappa shape index (κ1) is 18.5. The average molecular weight is 403 g/mol. The van der Waals surface area contributed by atoms with Gasteiger partial charge >= 0.3 is 0 Å². The fourth-order valence-corrected chi connectivity index (χ4v) is 2.72. The van der Waals surface area contributed by atoms with Crippen LogP contribution < -0.4 is 16.4 Å². The molecule has 0 radical (unpaired) electrons. The molecular weight excluding hydrogens is 385 g/mol. The van der Waals surface area contributed by atoms with Crippen LogP contribution in [-0.4, -0.2) is 30.2 Å². The van der Waals surface area contributed by atoms with Crippen molar-refractivity contribution in [3.63, 3.8) is 0 Å². The zero-order valence-corrected chi connectivity index (χ0v) is 16.4. The van der Waals surface area contributed by atoms with Gasteiger partial charge in [-0.3, -0.25) is 5.41 Å². The zero-order chi connectivity index (χ0) is 20.2. The first-order chi connectivity index (χ1) is 14.1. The van der Waals surface area contributed by atoms with Gasteiger partial charge in [-0.25, -0.2) is 9.97 Å². The van der Waals surface area contributed by atoms with Crippen molar-refractivity contribution in [1.82, 2.24) is 24.7 Å². The van der Waals surface area contributed by atoms with E-state index >= 15 is 0 Å². The molecule has 4 aromatic rings. The fourth-order valence-electron chi connectivity index (χ4n) is 2.59. The molecule has 5 N–H and O–H groups in total. The number of nitrogen functional groups attached to an aromatic ring is 1. The van der Waals surface area contributed by atoms with Gasteiger partial charge in [-0.15, -0.1) is 5.10 Å². The first-order valence-corrected chi connectivity index (χ1v) is 9.27. The molecule has 0 saturated carbocycles. The lowest BCUT2D eigenvalue weighted by molar-refractivity contribution is 0.850. The molecule has 4 rings (SSSR count). The summed E-state index contributed by atoms with van der Waals surface area (Å²) in [6.45, 7) is 0. The number of benzene rings is 2. The zero-order valence-electron chi connectivity index (χ0n) is 15.2. The highest BCUT2D eigenvalue weighted by atomic mass is 31.0. The second kappa shape index (κ2) is 8.04. The van der Waals surface area contributed by atoms with Crippen LogP contribution >= 0.6 is 9.24 Å². The number of aromatic nitrogens is 5. The number of hydrogen-bond acceptors (Lipinski definition) is 8. The molecule has 9 nitrogen and oxygen atoms in total. The third-order valence-corrected chi connectivity index (χ3v) is 4.14. The van der Waals surface area contributed by atoms with E-state index in [2.05, 4.69) is 39.9 Å². The van der Waals surface area contributed by atoms with Gasteiger partial charge < -0.3 is 16.4 Å². The summed E-state index contributed by atoms with van der Waals surface area (Å²) in [7, 11) is 2.29. The Balaban J connectivity index is 1.69.